The number of aryl methyl sites for hydroxylation is 1. The average Bonchev–Trinajstić information content (AvgIpc) is 2.73. The van der Waals surface area contributed by atoms with E-state index < -0.39 is 0 Å². The van der Waals surface area contributed by atoms with Crippen molar-refractivity contribution in [1.29, 1.82) is 0 Å². The number of benzene rings is 1. The fourth-order valence-corrected chi connectivity index (χ4v) is 2.26. The van der Waals surface area contributed by atoms with Crippen LogP contribution in [-0.4, -0.2) is 20.5 Å². The summed E-state index contributed by atoms with van der Waals surface area (Å²) in [4.78, 5) is 4.09. The molecule has 4 nitrogen and oxygen atoms in total. The van der Waals surface area contributed by atoms with Gasteiger partial charge in [-0.2, -0.15) is 5.10 Å². The number of aromatic nitrogens is 3. The number of thioether (sulfide) groups is 1. The number of hydrogen-bond donors (Lipinski definition) is 1. The molecule has 90 valence electrons. The van der Waals surface area contributed by atoms with Crippen molar-refractivity contribution in [2.45, 2.75) is 11.2 Å². The minimum Gasteiger partial charge on any atom is -0.323 e. The van der Waals surface area contributed by atoms with Gasteiger partial charge >= 0.3 is 0 Å². The normalized spacial score (nSPS) is 12.6. The fraction of sp³-hybridized carbons (Fsp3) is 0.273. The van der Waals surface area contributed by atoms with Crippen LogP contribution in [0.3, 0.4) is 0 Å². The van der Waals surface area contributed by atoms with Gasteiger partial charge in [0.2, 0.25) is 0 Å². The van der Waals surface area contributed by atoms with Crippen LogP contribution in [0.1, 0.15) is 11.6 Å². The molecule has 2 N–H and O–H groups in total. The maximum atomic E-state index is 12.7. The number of halogens is 1. The summed E-state index contributed by atoms with van der Waals surface area (Å²) in [5.41, 5.74) is 6.93. The third kappa shape index (κ3) is 3.04. The van der Waals surface area contributed by atoms with Gasteiger partial charge in [-0.25, -0.2) is 14.1 Å². The SMILES string of the molecule is Cn1ncnc1SCC(N)c1ccc(F)cc1. The zero-order valence-electron chi connectivity index (χ0n) is 9.38. The van der Waals surface area contributed by atoms with Gasteiger partial charge in [0.05, 0.1) is 0 Å². The van der Waals surface area contributed by atoms with Gasteiger partial charge in [0.25, 0.3) is 0 Å². The van der Waals surface area contributed by atoms with E-state index in [1.54, 1.807) is 16.8 Å². The van der Waals surface area contributed by atoms with Gasteiger partial charge in [0.15, 0.2) is 5.16 Å². The Morgan fingerprint density at radius 2 is 2.12 bits per heavy atom. The van der Waals surface area contributed by atoms with Crippen molar-refractivity contribution in [1.82, 2.24) is 14.8 Å². The van der Waals surface area contributed by atoms with E-state index in [2.05, 4.69) is 10.1 Å². The Kier molecular flexibility index (Phi) is 3.75. The second-order valence-electron chi connectivity index (χ2n) is 3.64. The Bertz CT molecular complexity index is 482. The third-order valence-corrected chi connectivity index (χ3v) is 3.51. The molecule has 1 unspecified atom stereocenters. The number of rotatable bonds is 4. The third-order valence-electron chi connectivity index (χ3n) is 2.36. The molecular formula is C11H13FN4S. The van der Waals surface area contributed by atoms with Crippen LogP contribution in [-0.2, 0) is 7.05 Å². The zero-order chi connectivity index (χ0) is 12.3. The first-order valence-corrected chi connectivity index (χ1v) is 6.13. The van der Waals surface area contributed by atoms with Gasteiger partial charge in [-0.1, -0.05) is 23.9 Å². The highest BCUT2D eigenvalue weighted by Gasteiger charge is 2.09. The summed E-state index contributed by atoms with van der Waals surface area (Å²) in [6.45, 7) is 0. The predicted octanol–water partition coefficient (Wildman–Crippen LogP) is 1.75. The van der Waals surface area contributed by atoms with Crippen molar-refractivity contribution in [3.8, 4) is 0 Å². The number of nitrogens with two attached hydrogens (primary N) is 1. The van der Waals surface area contributed by atoms with Crippen LogP contribution in [0.25, 0.3) is 0 Å². The van der Waals surface area contributed by atoms with Gasteiger partial charge in [0, 0.05) is 18.8 Å². The molecule has 0 saturated heterocycles. The maximum Gasteiger partial charge on any atom is 0.185 e. The molecule has 0 radical (unpaired) electrons. The maximum absolute atomic E-state index is 12.7. The first kappa shape index (κ1) is 12.1. The highest BCUT2D eigenvalue weighted by molar-refractivity contribution is 7.99. The summed E-state index contributed by atoms with van der Waals surface area (Å²) >= 11 is 1.53. The van der Waals surface area contributed by atoms with Crippen molar-refractivity contribution < 1.29 is 4.39 Å². The monoisotopic (exact) mass is 252 g/mol. The molecule has 1 atom stereocenters. The summed E-state index contributed by atoms with van der Waals surface area (Å²) in [7, 11) is 1.83. The van der Waals surface area contributed by atoms with Gasteiger partial charge in [-0.05, 0) is 17.7 Å². The average molecular weight is 252 g/mol. The lowest BCUT2D eigenvalue weighted by Crippen LogP contribution is -2.13. The lowest BCUT2D eigenvalue weighted by Gasteiger charge is -2.10. The molecule has 1 aromatic carbocycles. The Morgan fingerprint density at radius 3 is 2.71 bits per heavy atom. The molecule has 0 aliphatic heterocycles. The fourth-order valence-electron chi connectivity index (χ4n) is 1.39. The summed E-state index contributed by atoms with van der Waals surface area (Å²) < 4.78 is 14.4. The van der Waals surface area contributed by atoms with Crippen LogP contribution in [0.2, 0.25) is 0 Å². The lowest BCUT2D eigenvalue weighted by atomic mass is 10.1. The van der Waals surface area contributed by atoms with E-state index in [0.717, 1.165) is 10.7 Å². The molecule has 0 amide bonds. The summed E-state index contributed by atoms with van der Waals surface area (Å²) in [5.74, 6) is 0.430. The van der Waals surface area contributed by atoms with Crippen LogP contribution in [0.5, 0.6) is 0 Å². The van der Waals surface area contributed by atoms with Gasteiger partial charge in [0.1, 0.15) is 12.1 Å². The molecule has 17 heavy (non-hydrogen) atoms. The van der Waals surface area contributed by atoms with Crippen LogP contribution in [0.15, 0.2) is 35.7 Å². The molecular weight excluding hydrogens is 239 g/mol. The van der Waals surface area contributed by atoms with E-state index in [1.165, 1.54) is 30.2 Å². The van der Waals surface area contributed by atoms with Gasteiger partial charge < -0.3 is 5.73 Å². The van der Waals surface area contributed by atoms with E-state index in [1.807, 2.05) is 7.05 Å². The Labute approximate surface area is 103 Å². The molecule has 0 aliphatic rings. The molecule has 0 bridgehead atoms. The van der Waals surface area contributed by atoms with E-state index >= 15 is 0 Å². The Balaban J connectivity index is 1.95. The summed E-state index contributed by atoms with van der Waals surface area (Å²) in [6, 6.07) is 6.11. The zero-order valence-corrected chi connectivity index (χ0v) is 10.2. The van der Waals surface area contributed by atoms with E-state index in [4.69, 9.17) is 5.73 Å². The molecule has 2 aromatic rings. The number of hydrogen-bond acceptors (Lipinski definition) is 4. The lowest BCUT2D eigenvalue weighted by molar-refractivity contribution is 0.626. The minimum atomic E-state index is -0.248. The van der Waals surface area contributed by atoms with Crippen molar-refractivity contribution in [3.05, 3.63) is 42.0 Å². The van der Waals surface area contributed by atoms with Crippen LogP contribution in [0.4, 0.5) is 4.39 Å². The highest BCUT2D eigenvalue weighted by atomic mass is 32.2. The van der Waals surface area contributed by atoms with Crippen LogP contribution in [0, 0.1) is 5.82 Å². The first-order valence-electron chi connectivity index (χ1n) is 5.14. The molecule has 0 spiro atoms. The topological polar surface area (TPSA) is 56.7 Å². The Morgan fingerprint density at radius 1 is 1.41 bits per heavy atom. The number of nitrogens with zero attached hydrogens (tertiary/aromatic N) is 3. The molecule has 0 aliphatic carbocycles. The summed E-state index contributed by atoms with van der Waals surface area (Å²) in [6.07, 6.45) is 1.51. The summed E-state index contributed by atoms with van der Waals surface area (Å²) in [5, 5.41) is 4.80. The molecule has 6 heteroatoms. The second-order valence-corrected chi connectivity index (χ2v) is 4.62. The minimum absolute atomic E-state index is 0.141. The van der Waals surface area contributed by atoms with E-state index in [9.17, 15) is 4.39 Å². The molecule has 0 saturated carbocycles. The second kappa shape index (κ2) is 5.29. The molecule has 2 rings (SSSR count). The van der Waals surface area contributed by atoms with Crippen LogP contribution < -0.4 is 5.73 Å². The first-order chi connectivity index (χ1) is 8.16. The Hall–Kier alpha value is -1.40. The quantitative estimate of drug-likeness (QED) is 0.842. The molecule has 1 heterocycles. The predicted molar refractivity (Wildman–Crippen MR) is 65.1 cm³/mol. The van der Waals surface area contributed by atoms with E-state index in [-0.39, 0.29) is 11.9 Å². The van der Waals surface area contributed by atoms with Crippen molar-refractivity contribution in [3.63, 3.8) is 0 Å². The van der Waals surface area contributed by atoms with Crippen molar-refractivity contribution in [2.24, 2.45) is 12.8 Å². The highest BCUT2D eigenvalue weighted by Crippen LogP contribution is 2.21. The van der Waals surface area contributed by atoms with Crippen molar-refractivity contribution >= 4 is 11.8 Å². The van der Waals surface area contributed by atoms with E-state index in [0.29, 0.717) is 5.75 Å². The van der Waals surface area contributed by atoms with Gasteiger partial charge in [-0.15, -0.1) is 0 Å². The van der Waals surface area contributed by atoms with Crippen molar-refractivity contribution in [2.75, 3.05) is 5.75 Å². The molecule has 0 fully saturated rings. The van der Waals surface area contributed by atoms with Gasteiger partial charge in [-0.3, -0.25) is 0 Å². The smallest absolute Gasteiger partial charge is 0.185 e. The standard InChI is InChI=1S/C11H13FN4S/c1-16-11(14-7-15-16)17-6-10(13)8-2-4-9(12)5-3-8/h2-5,7,10H,6,13H2,1H3. The van der Waals surface area contributed by atoms with Crippen LogP contribution >= 0.6 is 11.8 Å². The molecule has 1 aromatic heterocycles. The largest absolute Gasteiger partial charge is 0.323 e.